The van der Waals surface area contributed by atoms with Crippen LogP contribution in [0.5, 0.6) is 0 Å². The average molecular weight is 171 g/mol. The molecule has 0 aromatic rings. The minimum absolute atomic E-state index is 0.136. The van der Waals surface area contributed by atoms with Gasteiger partial charge in [0, 0.05) is 0 Å². The van der Waals surface area contributed by atoms with Crippen LogP contribution in [0.15, 0.2) is 0 Å². The van der Waals surface area contributed by atoms with Crippen LogP contribution in [0, 0.1) is 5.41 Å². The van der Waals surface area contributed by atoms with Crippen molar-refractivity contribution < 1.29 is 9.08 Å². The highest BCUT2D eigenvalue weighted by molar-refractivity contribution is 6.64. The lowest BCUT2D eigenvalue weighted by atomic mass is 9.97. The molecule has 54 valence electrons. The molecule has 0 aliphatic carbocycles. The Bertz CT molecular complexity index is 112. The summed E-state index contributed by atoms with van der Waals surface area (Å²) in [5, 5.41) is -0.442. The minimum atomic E-state index is -0.677. The largest absolute Gasteiger partial charge is 0.281 e. The van der Waals surface area contributed by atoms with Gasteiger partial charge in [-0.2, -0.15) is 0 Å². The zero-order valence-electron chi connectivity index (χ0n) is 5.28. The predicted octanol–water partition coefficient (Wildman–Crippen LogP) is 1.95. The molecule has 0 atom stereocenters. The number of hydrogen-bond acceptors (Lipinski definition) is 2. The Hall–Kier alpha value is 0.210. The lowest BCUT2D eigenvalue weighted by Crippen LogP contribution is -2.24. The van der Waals surface area contributed by atoms with E-state index in [0.717, 1.165) is 0 Å². The Morgan fingerprint density at radius 3 is 2.22 bits per heavy atom. The van der Waals surface area contributed by atoms with Crippen LogP contribution in [0.3, 0.4) is 0 Å². The molecule has 0 bridgehead atoms. The molecule has 4 heteroatoms. The second kappa shape index (κ2) is 3.40. The van der Waals surface area contributed by atoms with Crippen LogP contribution in [0.25, 0.3) is 0 Å². The Kier molecular flexibility index (Phi) is 3.48. The maximum Gasteiger partial charge on any atom is 0.229 e. The van der Waals surface area contributed by atoms with E-state index in [-0.39, 0.29) is 6.61 Å². The summed E-state index contributed by atoms with van der Waals surface area (Å²) in [6.07, 6.45) is 0. The van der Waals surface area contributed by atoms with Crippen LogP contribution in [0.4, 0.5) is 0 Å². The van der Waals surface area contributed by atoms with Crippen LogP contribution in [0.1, 0.15) is 13.8 Å². The molecule has 0 heterocycles. The fraction of sp³-hybridized carbons (Fsp3) is 0.800. The molecule has 0 aromatic carbocycles. The van der Waals surface area contributed by atoms with Crippen LogP contribution in [-0.4, -0.2) is 11.8 Å². The van der Waals surface area contributed by atoms with Crippen molar-refractivity contribution in [3.05, 3.63) is 0 Å². The van der Waals surface area contributed by atoms with Crippen molar-refractivity contribution in [2.45, 2.75) is 13.8 Å². The summed E-state index contributed by atoms with van der Waals surface area (Å²) in [5.74, 6) is 0. The van der Waals surface area contributed by atoms with Crippen LogP contribution in [0.2, 0.25) is 0 Å². The van der Waals surface area contributed by atoms with Gasteiger partial charge in [-0.1, -0.05) is 0 Å². The highest BCUT2D eigenvalue weighted by Gasteiger charge is 2.25. The summed E-state index contributed by atoms with van der Waals surface area (Å²) in [5.41, 5.74) is -0.677. The summed E-state index contributed by atoms with van der Waals surface area (Å²) in [4.78, 5) is 10.5. The number of carbonyl (C=O) groups is 1. The molecular weight excluding hydrogens is 163 g/mol. The highest BCUT2D eigenvalue weighted by Crippen LogP contribution is 2.19. The Morgan fingerprint density at radius 2 is 2.11 bits per heavy atom. The molecule has 0 aliphatic rings. The predicted molar refractivity (Wildman–Crippen MR) is 36.4 cm³/mol. The van der Waals surface area contributed by atoms with Crippen molar-refractivity contribution in [1.29, 1.82) is 0 Å². The average Bonchev–Trinajstić information content (AvgIpc) is 1.65. The lowest BCUT2D eigenvalue weighted by Gasteiger charge is -2.15. The fourth-order valence-corrected chi connectivity index (χ4v) is 0.520. The Labute approximate surface area is 64.3 Å². The van der Waals surface area contributed by atoms with E-state index in [9.17, 15) is 4.79 Å². The zero-order chi connectivity index (χ0) is 7.49. The van der Waals surface area contributed by atoms with Crippen molar-refractivity contribution in [3.8, 4) is 0 Å². The number of hydrogen-bond donors (Lipinski definition) is 0. The molecular formula is C5H8Cl2O2. The molecule has 0 saturated heterocycles. The first kappa shape index (κ1) is 9.21. The third-order valence-electron chi connectivity index (χ3n) is 0.947. The SMILES string of the molecule is CC(C)(COCl)C(=O)Cl. The van der Waals surface area contributed by atoms with E-state index >= 15 is 0 Å². The molecule has 0 radical (unpaired) electrons. The van der Waals surface area contributed by atoms with E-state index in [2.05, 4.69) is 4.29 Å². The molecule has 9 heavy (non-hydrogen) atoms. The summed E-state index contributed by atoms with van der Waals surface area (Å²) in [7, 11) is 0. The van der Waals surface area contributed by atoms with E-state index in [0.29, 0.717) is 0 Å². The van der Waals surface area contributed by atoms with Gasteiger partial charge in [0.2, 0.25) is 5.24 Å². The number of rotatable bonds is 3. The Morgan fingerprint density at radius 1 is 1.67 bits per heavy atom. The quantitative estimate of drug-likeness (QED) is 0.606. The molecule has 0 aromatic heterocycles. The van der Waals surface area contributed by atoms with E-state index in [4.69, 9.17) is 23.5 Å². The zero-order valence-corrected chi connectivity index (χ0v) is 6.79. The topological polar surface area (TPSA) is 26.3 Å². The van der Waals surface area contributed by atoms with Gasteiger partial charge >= 0.3 is 0 Å². The van der Waals surface area contributed by atoms with Crippen LogP contribution in [-0.2, 0) is 9.08 Å². The monoisotopic (exact) mass is 170 g/mol. The summed E-state index contributed by atoms with van der Waals surface area (Å²) in [6.45, 7) is 3.45. The number of carbonyl (C=O) groups excluding carboxylic acids is 1. The maximum absolute atomic E-state index is 10.5. The molecule has 0 spiro atoms. The van der Waals surface area contributed by atoms with E-state index in [1.807, 2.05) is 0 Å². The molecule has 0 N–H and O–H groups in total. The molecule has 2 nitrogen and oxygen atoms in total. The molecule has 0 amide bonds. The van der Waals surface area contributed by atoms with Crippen molar-refractivity contribution in [2.75, 3.05) is 6.61 Å². The summed E-state index contributed by atoms with van der Waals surface area (Å²) < 4.78 is 4.23. The fourth-order valence-electron chi connectivity index (χ4n) is 0.193. The van der Waals surface area contributed by atoms with Gasteiger partial charge in [0.05, 0.1) is 23.9 Å². The van der Waals surface area contributed by atoms with Gasteiger partial charge < -0.3 is 0 Å². The van der Waals surface area contributed by atoms with Crippen molar-refractivity contribution in [3.63, 3.8) is 0 Å². The second-order valence-corrected chi connectivity index (χ2v) is 2.97. The summed E-state index contributed by atoms with van der Waals surface area (Å²) >= 11 is 10.1. The standard InChI is InChI=1S/C5H8Cl2O2/c1-5(2,3-9-7)4(6)8/h3H2,1-2H3. The third-order valence-corrected chi connectivity index (χ3v) is 1.57. The van der Waals surface area contributed by atoms with E-state index in [1.54, 1.807) is 13.8 Å². The van der Waals surface area contributed by atoms with Gasteiger partial charge in [0.25, 0.3) is 0 Å². The van der Waals surface area contributed by atoms with Crippen molar-refractivity contribution >= 4 is 28.7 Å². The van der Waals surface area contributed by atoms with Gasteiger partial charge in [-0.25, -0.2) is 0 Å². The first-order chi connectivity index (χ1) is 4.00. The van der Waals surface area contributed by atoms with Crippen molar-refractivity contribution in [1.82, 2.24) is 0 Å². The van der Waals surface area contributed by atoms with E-state index < -0.39 is 10.7 Å². The Balaban J connectivity index is 3.85. The molecule has 0 fully saturated rings. The lowest BCUT2D eigenvalue weighted by molar-refractivity contribution is -0.120. The van der Waals surface area contributed by atoms with E-state index in [1.165, 1.54) is 0 Å². The normalized spacial score (nSPS) is 11.6. The third kappa shape index (κ3) is 3.04. The first-order valence-electron chi connectivity index (χ1n) is 2.44. The highest BCUT2D eigenvalue weighted by atomic mass is 35.5. The first-order valence-corrected chi connectivity index (χ1v) is 3.13. The molecule has 0 rings (SSSR count). The molecule has 0 saturated carbocycles. The molecule has 0 aliphatic heterocycles. The van der Waals surface area contributed by atoms with Gasteiger partial charge in [-0.05, 0) is 25.4 Å². The van der Waals surface area contributed by atoms with Crippen LogP contribution < -0.4 is 0 Å². The van der Waals surface area contributed by atoms with Gasteiger partial charge in [0.1, 0.15) is 0 Å². The van der Waals surface area contributed by atoms with Gasteiger partial charge in [-0.15, -0.1) is 0 Å². The van der Waals surface area contributed by atoms with Crippen molar-refractivity contribution in [2.24, 2.45) is 5.41 Å². The van der Waals surface area contributed by atoms with Gasteiger partial charge in [-0.3, -0.25) is 9.08 Å². The maximum atomic E-state index is 10.5. The molecule has 0 unspecified atom stereocenters. The summed E-state index contributed by atoms with van der Waals surface area (Å²) in [6, 6.07) is 0. The van der Waals surface area contributed by atoms with Crippen LogP contribution >= 0.6 is 23.5 Å². The second-order valence-electron chi connectivity index (χ2n) is 2.41. The van der Waals surface area contributed by atoms with Gasteiger partial charge in [0.15, 0.2) is 0 Å². The minimum Gasteiger partial charge on any atom is -0.281 e. The number of halogens is 2. The smallest absolute Gasteiger partial charge is 0.229 e.